The van der Waals surface area contributed by atoms with Crippen LogP contribution in [0, 0.1) is 0 Å². The molecule has 0 aliphatic carbocycles. The third-order valence-electron chi connectivity index (χ3n) is 6.14. The summed E-state index contributed by atoms with van der Waals surface area (Å²) in [4.78, 5) is 30.8. The molecule has 4 rings (SSSR count). The van der Waals surface area contributed by atoms with Crippen LogP contribution in [-0.2, 0) is 9.59 Å². The summed E-state index contributed by atoms with van der Waals surface area (Å²) in [5, 5.41) is 23.2. The number of nitrogens with one attached hydrogen (secondary N) is 1. The number of amides is 2. The molecule has 8 nitrogen and oxygen atoms in total. The molecule has 32 heavy (non-hydrogen) atoms. The summed E-state index contributed by atoms with van der Waals surface area (Å²) >= 11 is 0. The molecule has 1 aliphatic heterocycles. The van der Waals surface area contributed by atoms with E-state index in [-0.39, 0.29) is 6.04 Å². The van der Waals surface area contributed by atoms with Crippen molar-refractivity contribution in [2.24, 2.45) is 0 Å². The number of benzene rings is 2. The maximum Gasteiger partial charge on any atom is 0.254 e. The largest absolute Gasteiger partial charge is 0.380 e. The number of rotatable bonds is 6. The minimum Gasteiger partial charge on any atom is -0.380 e. The molecule has 8 heteroatoms. The summed E-state index contributed by atoms with van der Waals surface area (Å²) in [6, 6.07) is 15.0. The molecule has 1 saturated heterocycles. The summed E-state index contributed by atoms with van der Waals surface area (Å²) in [6.45, 7) is 4.20. The number of likely N-dealkylation sites (tertiary alicyclic amines) is 1. The molecule has 2 aromatic carbocycles. The molecule has 0 radical (unpaired) electrons. The topological polar surface area (TPSA) is 108 Å². The predicted molar refractivity (Wildman–Crippen MR) is 120 cm³/mol. The summed E-state index contributed by atoms with van der Waals surface area (Å²) < 4.78 is 1.98. The van der Waals surface area contributed by atoms with E-state index < -0.39 is 30.1 Å². The highest BCUT2D eigenvalue weighted by atomic mass is 16.3. The number of imidazole rings is 1. The van der Waals surface area contributed by atoms with Gasteiger partial charge in [0.1, 0.15) is 6.33 Å². The Morgan fingerprint density at radius 2 is 1.81 bits per heavy atom. The molecule has 3 aromatic rings. The highest BCUT2D eigenvalue weighted by molar-refractivity contribution is 5.91. The Balaban J connectivity index is 1.40. The molecule has 3 N–H and O–H groups in total. The van der Waals surface area contributed by atoms with Crippen LogP contribution in [0.4, 0.5) is 0 Å². The van der Waals surface area contributed by atoms with Crippen LogP contribution in [-0.4, -0.2) is 61.3 Å². The zero-order valence-corrected chi connectivity index (χ0v) is 18.2. The predicted octanol–water partition coefficient (Wildman–Crippen LogP) is 1.94. The number of carbonyl (C=O) groups excluding carboxylic acids is 2. The fourth-order valence-corrected chi connectivity index (χ4v) is 4.18. The zero-order valence-electron chi connectivity index (χ0n) is 18.2. The Hall–Kier alpha value is -3.23. The lowest BCUT2D eigenvalue weighted by Gasteiger charge is -2.27. The second kappa shape index (κ2) is 9.10. The zero-order chi connectivity index (χ0) is 22.8. The van der Waals surface area contributed by atoms with Crippen LogP contribution >= 0.6 is 0 Å². The van der Waals surface area contributed by atoms with Gasteiger partial charge in [-0.05, 0) is 56.5 Å². The first kappa shape index (κ1) is 22.0. The highest BCUT2D eigenvalue weighted by Gasteiger charge is 2.36. The van der Waals surface area contributed by atoms with E-state index in [0.717, 1.165) is 35.1 Å². The van der Waals surface area contributed by atoms with E-state index in [1.165, 1.54) is 4.90 Å². The summed E-state index contributed by atoms with van der Waals surface area (Å²) in [5.41, 5.74) is 3.66. The monoisotopic (exact) mass is 436 g/mol. The third-order valence-corrected chi connectivity index (χ3v) is 6.14. The number of nitrogens with zero attached hydrogens (tertiary/aromatic N) is 3. The van der Waals surface area contributed by atoms with E-state index in [2.05, 4.69) is 10.3 Å². The lowest BCUT2D eigenvalue weighted by molar-refractivity contribution is -0.153. The van der Waals surface area contributed by atoms with E-state index in [0.29, 0.717) is 6.54 Å². The maximum atomic E-state index is 12.5. The maximum absolute atomic E-state index is 12.5. The van der Waals surface area contributed by atoms with E-state index in [9.17, 15) is 19.8 Å². The number of aliphatic hydroxyl groups excluding tert-OH is 2. The summed E-state index contributed by atoms with van der Waals surface area (Å²) in [7, 11) is 0. The number of hydrogen-bond acceptors (Lipinski definition) is 5. The first-order valence-electron chi connectivity index (χ1n) is 10.9. The van der Waals surface area contributed by atoms with Crippen LogP contribution in [0.3, 0.4) is 0 Å². The van der Waals surface area contributed by atoms with Crippen LogP contribution in [0.15, 0.2) is 54.9 Å². The summed E-state index contributed by atoms with van der Waals surface area (Å²) in [5.74, 6) is -1.39. The molecule has 1 aliphatic rings. The van der Waals surface area contributed by atoms with Crippen molar-refractivity contribution in [1.82, 2.24) is 19.8 Å². The average molecular weight is 437 g/mol. The van der Waals surface area contributed by atoms with E-state index in [4.69, 9.17) is 0 Å². The van der Waals surface area contributed by atoms with Crippen LogP contribution in [0.1, 0.15) is 38.3 Å². The average Bonchev–Trinajstić information content (AvgIpc) is 3.43. The highest BCUT2D eigenvalue weighted by Crippen LogP contribution is 2.21. The first-order chi connectivity index (χ1) is 15.4. The van der Waals surface area contributed by atoms with Gasteiger partial charge in [0.15, 0.2) is 12.2 Å². The van der Waals surface area contributed by atoms with Gasteiger partial charge in [0.25, 0.3) is 11.8 Å². The number of aliphatic hydroxyl groups is 2. The van der Waals surface area contributed by atoms with E-state index >= 15 is 0 Å². The van der Waals surface area contributed by atoms with E-state index in [1.54, 1.807) is 13.3 Å². The first-order valence-corrected chi connectivity index (χ1v) is 10.9. The van der Waals surface area contributed by atoms with Gasteiger partial charge in [-0.3, -0.25) is 14.2 Å². The van der Waals surface area contributed by atoms with Crippen LogP contribution in [0.2, 0.25) is 0 Å². The smallest absolute Gasteiger partial charge is 0.254 e. The van der Waals surface area contributed by atoms with Crippen LogP contribution < -0.4 is 5.32 Å². The Labute approximate surface area is 186 Å². The molecule has 2 heterocycles. The standard InChI is InChI=1S/C24H28N4O4/c1-15-6-5-13-27(15)24(32)22(30)21(29)23(31)26-16(2)17-9-11-18(12-10-17)28-14-25-19-7-3-4-8-20(19)28/h3-4,7-12,14-16,21-22,29-30H,5-6,13H2,1-2H3,(H,26,31)/t15-,16+,21+,22+/m0/s1. The molecule has 168 valence electrons. The number of carbonyl (C=O) groups is 2. The number of para-hydroxylation sites is 2. The van der Waals surface area contributed by atoms with Crippen molar-refractivity contribution in [3.63, 3.8) is 0 Å². The van der Waals surface area contributed by atoms with Crippen molar-refractivity contribution in [3.05, 3.63) is 60.4 Å². The molecular formula is C24H28N4O4. The fourth-order valence-electron chi connectivity index (χ4n) is 4.18. The van der Waals surface area contributed by atoms with E-state index in [1.807, 2.05) is 60.0 Å². The van der Waals surface area contributed by atoms with Gasteiger partial charge in [-0.15, -0.1) is 0 Å². The Morgan fingerprint density at radius 3 is 2.50 bits per heavy atom. The number of fused-ring (bicyclic) bond motifs is 1. The lowest BCUT2D eigenvalue weighted by atomic mass is 10.1. The van der Waals surface area contributed by atoms with Crippen LogP contribution in [0.5, 0.6) is 0 Å². The van der Waals surface area contributed by atoms with Gasteiger partial charge in [0.2, 0.25) is 0 Å². The quantitative estimate of drug-likeness (QED) is 0.547. The normalized spacial score (nSPS) is 19.0. The number of aromatic nitrogens is 2. The second-order valence-electron chi connectivity index (χ2n) is 8.34. The molecule has 2 amide bonds. The minimum atomic E-state index is -1.82. The molecule has 0 saturated carbocycles. The Kier molecular flexibility index (Phi) is 6.25. The molecule has 4 atom stereocenters. The molecule has 1 fully saturated rings. The molecule has 1 aromatic heterocycles. The van der Waals surface area contributed by atoms with Gasteiger partial charge in [-0.25, -0.2) is 4.98 Å². The van der Waals surface area contributed by atoms with Gasteiger partial charge in [0, 0.05) is 18.3 Å². The number of hydrogen-bond donors (Lipinski definition) is 3. The van der Waals surface area contributed by atoms with Crippen molar-refractivity contribution in [2.75, 3.05) is 6.54 Å². The van der Waals surface area contributed by atoms with Crippen molar-refractivity contribution >= 4 is 22.8 Å². The molecule has 0 bridgehead atoms. The van der Waals surface area contributed by atoms with Gasteiger partial charge in [0.05, 0.1) is 17.1 Å². The fraction of sp³-hybridized carbons (Fsp3) is 0.375. The summed E-state index contributed by atoms with van der Waals surface area (Å²) in [6.07, 6.45) is -0.137. The molecule has 0 unspecified atom stereocenters. The van der Waals surface area contributed by atoms with Crippen LogP contribution in [0.25, 0.3) is 16.7 Å². The van der Waals surface area contributed by atoms with Crippen molar-refractivity contribution < 1.29 is 19.8 Å². The second-order valence-corrected chi connectivity index (χ2v) is 8.34. The molecule has 0 spiro atoms. The molecular weight excluding hydrogens is 408 g/mol. The van der Waals surface area contributed by atoms with Gasteiger partial charge in [-0.2, -0.15) is 0 Å². The van der Waals surface area contributed by atoms with Gasteiger partial charge in [-0.1, -0.05) is 24.3 Å². The SMILES string of the molecule is C[C@@H](NC(=O)[C@H](O)[C@@H](O)C(=O)N1CCC[C@@H]1C)c1ccc(-n2cnc3ccccc32)cc1. The third kappa shape index (κ3) is 4.24. The van der Waals surface area contributed by atoms with Crippen molar-refractivity contribution in [1.29, 1.82) is 0 Å². The lowest BCUT2D eigenvalue weighted by Crippen LogP contribution is -2.51. The van der Waals surface area contributed by atoms with Gasteiger partial charge >= 0.3 is 0 Å². The van der Waals surface area contributed by atoms with Crippen molar-refractivity contribution in [3.8, 4) is 5.69 Å². The minimum absolute atomic E-state index is 0.00235. The van der Waals surface area contributed by atoms with Gasteiger partial charge < -0.3 is 20.4 Å². The van der Waals surface area contributed by atoms with Crippen molar-refractivity contribution in [2.45, 2.75) is 51.0 Å². The Bertz CT molecular complexity index is 1110. The Morgan fingerprint density at radius 1 is 1.09 bits per heavy atom.